The largest absolute Gasteiger partial charge is 0.497 e. The fourth-order valence-electron chi connectivity index (χ4n) is 13.1. The number of nitriles is 1. The van der Waals surface area contributed by atoms with E-state index in [-0.39, 0.29) is 16.2 Å². The molecule has 0 atom stereocenters. The molecule has 0 radical (unpaired) electrons. The van der Waals surface area contributed by atoms with E-state index < -0.39 is 0 Å². The van der Waals surface area contributed by atoms with Crippen LogP contribution in [0.1, 0.15) is 103 Å². The molecule has 6 heteroatoms. The van der Waals surface area contributed by atoms with E-state index >= 15 is 0 Å². The summed E-state index contributed by atoms with van der Waals surface area (Å²) in [4.78, 5) is 8.13. The number of rotatable bonds is 12. The number of hydrogen-bond donors (Lipinski definition) is 0. The van der Waals surface area contributed by atoms with Gasteiger partial charge in [-0.1, -0.05) is 163 Å². The molecule has 10 aromatic rings. The highest BCUT2D eigenvalue weighted by atomic mass is 16.5. The van der Waals surface area contributed by atoms with E-state index in [1.54, 1.807) is 14.2 Å². The van der Waals surface area contributed by atoms with Crippen molar-refractivity contribution in [2.75, 3.05) is 24.0 Å². The zero-order valence-electron chi connectivity index (χ0n) is 48.0. The lowest BCUT2D eigenvalue weighted by molar-refractivity contribution is 0.414. The Morgan fingerprint density at radius 2 is 0.627 bits per heavy atom. The van der Waals surface area contributed by atoms with Gasteiger partial charge in [-0.25, -0.2) is 4.85 Å². The first-order valence-electron chi connectivity index (χ1n) is 28.3. The molecule has 3 aliphatic rings. The van der Waals surface area contributed by atoms with Crippen LogP contribution in [-0.4, -0.2) is 14.2 Å². The molecule has 0 amide bonds. The molecular weight excluding hydrogens is 1010 g/mol. The maximum absolute atomic E-state index is 9.56. The molecule has 0 unspecified atom stereocenters. The van der Waals surface area contributed by atoms with Crippen LogP contribution >= 0.6 is 0 Å². The number of benzene rings is 10. The van der Waals surface area contributed by atoms with Crippen LogP contribution < -0.4 is 19.3 Å². The first kappa shape index (κ1) is 52.2. The Balaban J connectivity index is 0.727. The fraction of sp³-hybridized carbons (Fsp3) is 0.143. The van der Waals surface area contributed by atoms with Crippen LogP contribution in [0.15, 0.2) is 206 Å². The molecule has 0 spiro atoms. The quantitative estimate of drug-likeness (QED) is 0.0901. The van der Waals surface area contributed by atoms with E-state index in [4.69, 9.17) is 16.0 Å². The summed E-state index contributed by atoms with van der Waals surface area (Å²) in [6.07, 6.45) is 9.04. The van der Waals surface area contributed by atoms with E-state index in [9.17, 15) is 5.26 Å². The monoisotopic (exact) mass is 1070 g/mol. The molecule has 0 fully saturated rings. The first-order chi connectivity index (χ1) is 40.2. The summed E-state index contributed by atoms with van der Waals surface area (Å²) < 4.78 is 11.0. The van der Waals surface area contributed by atoms with Gasteiger partial charge in [-0.15, -0.1) is 0 Å². The Morgan fingerprint density at radius 3 is 0.916 bits per heavy atom. The maximum atomic E-state index is 9.56. The van der Waals surface area contributed by atoms with Gasteiger partial charge in [0.25, 0.3) is 0 Å². The van der Waals surface area contributed by atoms with Gasteiger partial charge in [0.05, 0.1) is 32.4 Å². The van der Waals surface area contributed by atoms with Crippen LogP contribution in [-0.2, 0) is 16.2 Å². The van der Waals surface area contributed by atoms with E-state index in [0.717, 1.165) is 45.6 Å². The summed E-state index contributed by atoms with van der Waals surface area (Å²) in [6, 6.07) is 75.4. The maximum Gasteiger partial charge on any atom is 0.187 e. The topological polar surface area (TPSA) is 53.1 Å². The van der Waals surface area contributed by atoms with Gasteiger partial charge < -0.3 is 19.3 Å². The van der Waals surface area contributed by atoms with Gasteiger partial charge in [-0.05, 0) is 198 Å². The summed E-state index contributed by atoms with van der Waals surface area (Å²) in [5.41, 5.74) is 26.9. The van der Waals surface area contributed by atoms with Crippen molar-refractivity contribution in [2.45, 2.75) is 57.8 Å². The second kappa shape index (κ2) is 20.1. The molecule has 0 saturated carbocycles. The third-order valence-electron chi connectivity index (χ3n) is 17.7. The molecule has 13 rings (SSSR count). The SMILES string of the molecule is [C-]#[N+]c1ccc(N(c2ccc(OC)cc2)c2ccc3c(c2)C(C)(C)c2cc(C=Cc4ccc5c(c4)C(C)(C)c4cc(C=Cc6ccc7c(c6)C(C)(C)c6cc(N(c8ccc(C#N)cc8)c8ccc(OC)cc8)ccc6-7)ccc4-5)ccc2-3)cc1. The van der Waals surface area contributed by atoms with Crippen LogP contribution in [0, 0.1) is 17.9 Å². The Bertz CT molecular complexity index is 4090. The second-order valence-corrected chi connectivity index (χ2v) is 23.6. The highest BCUT2D eigenvalue weighted by molar-refractivity contribution is 5.90. The Kier molecular flexibility index (Phi) is 12.7. The normalized spacial score (nSPS) is 14.2. The van der Waals surface area contributed by atoms with Crippen molar-refractivity contribution in [3.05, 3.63) is 279 Å². The van der Waals surface area contributed by atoms with Crippen molar-refractivity contribution in [3.63, 3.8) is 0 Å². The lowest BCUT2D eigenvalue weighted by Crippen LogP contribution is -2.16. The molecule has 0 heterocycles. The summed E-state index contributed by atoms with van der Waals surface area (Å²) in [5.74, 6) is 1.60. The Labute approximate surface area is 487 Å². The average molecular weight is 1080 g/mol. The predicted octanol–water partition coefficient (Wildman–Crippen LogP) is 20.3. The average Bonchev–Trinajstić information content (AvgIpc) is 3.07. The molecule has 0 saturated heterocycles. The number of methoxy groups -OCH3 is 2. The first-order valence-corrected chi connectivity index (χ1v) is 28.3. The zero-order valence-corrected chi connectivity index (χ0v) is 48.0. The minimum absolute atomic E-state index is 0.185. The third-order valence-corrected chi connectivity index (χ3v) is 17.7. The number of nitrogens with zero attached hydrogens (tertiary/aromatic N) is 4. The van der Waals surface area contributed by atoms with Gasteiger partial charge >= 0.3 is 0 Å². The highest BCUT2D eigenvalue weighted by Crippen LogP contribution is 2.54. The standard InChI is InChI=1S/C77H62N4O2/c1-75(2)69-42-49(10-12-51-18-38-65-67-40-30-59(46-73(67)76(3,4)71(65)44-51)80(55-22-14-53(48-78)15-23-55)57-26-32-61(82-8)33-27-57)16-36-63(69)64-37-17-50(43-70(64)75)11-13-52-19-39-66-68-41-31-60(47-74(68)77(5,6)72(66)45-52)81(56-24-20-54(79-7)21-25-56)58-28-34-62(83-9)35-29-58/h10-47H,1-6,8-9H3. The van der Waals surface area contributed by atoms with Crippen LogP contribution in [0.4, 0.5) is 39.8 Å². The predicted molar refractivity (Wildman–Crippen MR) is 343 cm³/mol. The van der Waals surface area contributed by atoms with Crippen molar-refractivity contribution in [1.82, 2.24) is 0 Å². The van der Waals surface area contributed by atoms with E-state index in [1.807, 2.05) is 72.8 Å². The molecule has 0 bridgehead atoms. The molecular formula is C77H62N4O2. The van der Waals surface area contributed by atoms with Gasteiger partial charge in [-0.2, -0.15) is 5.26 Å². The van der Waals surface area contributed by atoms with Crippen molar-refractivity contribution in [1.29, 1.82) is 5.26 Å². The molecule has 0 aliphatic heterocycles. The van der Waals surface area contributed by atoms with Crippen molar-refractivity contribution in [2.24, 2.45) is 0 Å². The minimum atomic E-state index is -0.242. The van der Waals surface area contributed by atoms with E-state index in [0.29, 0.717) is 11.3 Å². The lowest BCUT2D eigenvalue weighted by Gasteiger charge is -2.28. The smallest absolute Gasteiger partial charge is 0.187 e. The zero-order chi connectivity index (χ0) is 57.4. The number of ether oxygens (including phenoxy) is 2. The van der Waals surface area contributed by atoms with E-state index in [2.05, 4.69) is 220 Å². The number of hydrogen-bond acceptors (Lipinski definition) is 5. The summed E-state index contributed by atoms with van der Waals surface area (Å²) in [7, 11) is 3.37. The van der Waals surface area contributed by atoms with Crippen LogP contribution in [0.5, 0.6) is 11.5 Å². The van der Waals surface area contributed by atoms with Crippen molar-refractivity contribution < 1.29 is 9.47 Å². The molecule has 10 aromatic carbocycles. The van der Waals surface area contributed by atoms with Gasteiger partial charge in [0, 0.05) is 50.4 Å². The van der Waals surface area contributed by atoms with Crippen LogP contribution in [0.3, 0.4) is 0 Å². The second-order valence-electron chi connectivity index (χ2n) is 23.6. The summed E-state index contributed by atoms with van der Waals surface area (Å²) >= 11 is 0. The van der Waals surface area contributed by atoms with Crippen molar-refractivity contribution in [3.8, 4) is 50.9 Å². The van der Waals surface area contributed by atoms with Crippen LogP contribution in [0.25, 0.3) is 62.5 Å². The fourth-order valence-corrected chi connectivity index (χ4v) is 13.1. The number of anilines is 6. The van der Waals surface area contributed by atoms with Crippen LogP contribution in [0.2, 0.25) is 0 Å². The minimum Gasteiger partial charge on any atom is -0.497 e. The number of fused-ring (bicyclic) bond motifs is 9. The Morgan fingerprint density at radius 1 is 0.361 bits per heavy atom. The third kappa shape index (κ3) is 8.96. The molecule has 83 heavy (non-hydrogen) atoms. The molecule has 3 aliphatic carbocycles. The van der Waals surface area contributed by atoms with Gasteiger partial charge in [-0.3, -0.25) is 0 Å². The highest BCUT2D eigenvalue weighted by Gasteiger charge is 2.39. The van der Waals surface area contributed by atoms with E-state index in [1.165, 1.54) is 89.0 Å². The van der Waals surface area contributed by atoms with Gasteiger partial charge in [0.2, 0.25) is 0 Å². The molecule has 0 aromatic heterocycles. The summed E-state index contributed by atoms with van der Waals surface area (Å²) in [5, 5.41) is 9.56. The molecule has 0 N–H and O–H groups in total. The lowest BCUT2D eigenvalue weighted by atomic mass is 9.81. The Hall–Kier alpha value is -10.1. The van der Waals surface area contributed by atoms with Gasteiger partial charge in [0.15, 0.2) is 5.69 Å². The molecule has 402 valence electrons. The molecule has 6 nitrogen and oxygen atoms in total. The van der Waals surface area contributed by atoms with Gasteiger partial charge in [0.1, 0.15) is 11.5 Å². The summed E-state index contributed by atoms with van der Waals surface area (Å²) in [6.45, 7) is 21.6. The van der Waals surface area contributed by atoms with Crippen molar-refractivity contribution >= 4 is 64.1 Å².